The molecule has 0 aromatic carbocycles. The van der Waals surface area contributed by atoms with Crippen molar-refractivity contribution in [3.8, 4) is 24.2 Å². The Hall–Kier alpha value is -1.45. The van der Waals surface area contributed by atoms with Gasteiger partial charge in [-0.3, -0.25) is 4.79 Å². The van der Waals surface area contributed by atoms with Crippen LogP contribution in [0.1, 0.15) is 19.8 Å². The number of hydrogen-bond donors (Lipinski definition) is 2. The van der Waals surface area contributed by atoms with Crippen LogP contribution in [0.4, 0.5) is 0 Å². The van der Waals surface area contributed by atoms with E-state index < -0.39 is 11.5 Å². The Morgan fingerprint density at radius 1 is 1.67 bits per heavy atom. The molecule has 0 aliphatic heterocycles. The zero-order chi connectivity index (χ0) is 9.61. The molecule has 0 aromatic rings. The molecule has 1 atom stereocenters. The molecule has 0 aromatic heterocycles. The van der Waals surface area contributed by atoms with Gasteiger partial charge in [0.1, 0.15) is 5.54 Å². The topological polar surface area (TPSA) is 63.3 Å². The molecule has 12 heavy (non-hydrogen) atoms. The Morgan fingerprint density at radius 3 is 2.58 bits per heavy atom. The number of hydrogen-bond acceptors (Lipinski definition) is 2. The van der Waals surface area contributed by atoms with Crippen LogP contribution < -0.4 is 5.73 Å². The van der Waals surface area contributed by atoms with Crippen molar-refractivity contribution < 1.29 is 9.90 Å². The van der Waals surface area contributed by atoms with Gasteiger partial charge in [0, 0.05) is 12.8 Å². The minimum Gasteiger partial charge on any atom is -0.480 e. The Labute approximate surface area is 72.0 Å². The molecule has 1 unspecified atom stereocenters. The lowest BCUT2D eigenvalue weighted by atomic mass is 9.93. The van der Waals surface area contributed by atoms with Gasteiger partial charge in [0.2, 0.25) is 0 Å². The van der Waals surface area contributed by atoms with E-state index in [9.17, 15) is 4.79 Å². The first kappa shape index (κ1) is 10.6. The molecular weight excluding hydrogens is 154 g/mol. The Balaban J connectivity index is 4.48. The predicted molar refractivity (Wildman–Crippen MR) is 46.1 cm³/mol. The summed E-state index contributed by atoms with van der Waals surface area (Å²) < 4.78 is 0. The second-order valence-corrected chi connectivity index (χ2v) is 2.45. The molecule has 0 amide bonds. The van der Waals surface area contributed by atoms with E-state index in [0.29, 0.717) is 0 Å². The summed E-state index contributed by atoms with van der Waals surface area (Å²) in [6, 6.07) is 0. The maximum absolute atomic E-state index is 10.6. The number of carboxylic acids is 1. The third-order valence-corrected chi connectivity index (χ3v) is 1.42. The zero-order valence-corrected chi connectivity index (χ0v) is 6.92. The van der Waals surface area contributed by atoms with Gasteiger partial charge >= 0.3 is 5.97 Å². The lowest BCUT2D eigenvalue weighted by Crippen LogP contribution is -2.47. The highest BCUT2D eigenvalue weighted by Gasteiger charge is 2.31. The molecule has 0 rings (SSSR count). The van der Waals surface area contributed by atoms with E-state index in [0.717, 1.165) is 0 Å². The lowest BCUT2D eigenvalue weighted by molar-refractivity contribution is -0.142. The number of aliphatic carboxylic acids is 1. The summed E-state index contributed by atoms with van der Waals surface area (Å²) in [7, 11) is 0. The van der Waals surface area contributed by atoms with E-state index in [1.54, 1.807) is 6.92 Å². The van der Waals surface area contributed by atoms with E-state index in [-0.39, 0.29) is 12.8 Å². The molecular formula is C9H11NO2. The van der Waals surface area contributed by atoms with Crippen molar-refractivity contribution in [2.75, 3.05) is 0 Å². The fourth-order valence-electron chi connectivity index (χ4n) is 0.642. The molecule has 0 saturated carbocycles. The van der Waals surface area contributed by atoms with E-state index >= 15 is 0 Å². The summed E-state index contributed by atoms with van der Waals surface area (Å²) >= 11 is 0. The van der Waals surface area contributed by atoms with Crippen LogP contribution in [0.3, 0.4) is 0 Å². The van der Waals surface area contributed by atoms with Crippen molar-refractivity contribution in [3.05, 3.63) is 0 Å². The van der Waals surface area contributed by atoms with E-state index in [1.165, 1.54) is 0 Å². The minimum absolute atomic E-state index is 0.00296. The average molecular weight is 165 g/mol. The highest BCUT2D eigenvalue weighted by Crippen LogP contribution is 2.10. The smallest absolute Gasteiger partial charge is 0.325 e. The Kier molecular flexibility index (Phi) is 3.90. The molecule has 3 N–H and O–H groups in total. The Morgan fingerprint density at radius 2 is 2.25 bits per heavy atom. The van der Waals surface area contributed by atoms with Gasteiger partial charge < -0.3 is 10.8 Å². The van der Waals surface area contributed by atoms with Crippen molar-refractivity contribution in [2.45, 2.75) is 25.3 Å². The fourth-order valence-corrected chi connectivity index (χ4v) is 0.642. The van der Waals surface area contributed by atoms with Crippen LogP contribution in [0.2, 0.25) is 0 Å². The van der Waals surface area contributed by atoms with Crippen LogP contribution in [-0.2, 0) is 4.79 Å². The van der Waals surface area contributed by atoms with Gasteiger partial charge in [0.05, 0.1) is 0 Å². The summed E-state index contributed by atoms with van der Waals surface area (Å²) in [5.74, 6) is 6.30. The first-order chi connectivity index (χ1) is 5.56. The summed E-state index contributed by atoms with van der Waals surface area (Å²) in [5, 5.41) is 8.70. The maximum Gasteiger partial charge on any atom is 0.325 e. The van der Waals surface area contributed by atoms with E-state index in [1.807, 2.05) is 0 Å². The van der Waals surface area contributed by atoms with Crippen LogP contribution in [0, 0.1) is 24.2 Å². The second-order valence-electron chi connectivity index (χ2n) is 2.45. The quantitative estimate of drug-likeness (QED) is 0.587. The monoisotopic (exact) mass is 165 g/mol. The predicted octanol–water partition coefficient (Wildman–Crippen LogP) is 0.205. The molecule has 0 spiro atoms. The molecule has 0 aliphatic carbocycles. The first-order valence-electron chi connectivity index (χ1n) is 3.42. The molecule has 64 valence electrons. The molecule has 3 nitrogen and oxygen atoms in total. The van der Waals surface area contributed by atoms with Gasteiger partial charge in [-0.15, -0.1) is 24.2 Å². The number of nitrogens with two attached hydrogens (primary N) is 1. The summed E-state index contributed by atoms with van der Waals surface area (Å²) in [5.41, 5.74) is 4.10. The average Bonchev–Trinajstić information content (AvgIpc) is 2.01. The third-order valence-electron chi connectivity index (χ3n) is 1.42. The van der Waals surface area contributed by atoms with Crippen molar-refractivity contribution in [1.29, 1.82) is 0 Å². The second kappa shape index (κ2) is 4.43. The van der Waals surface area contributed by atoms with Crippen LogP contribution in [0.5, 0.6) is 0 Å². The van der Waals surface area contributed by atoms with Gasteiger partial charge in [0.15, 0.2) is 0 Å². The highest BCUT2D eigenvalue weighted by molar-refractivity contribution is 5.79. The number of rotatable bonds is 3. The molecule has 0 radical (unpaired) electrons. The summed E-state index contributed by atoms with van der Waals surface area (Å²) in [6.07, 6.45) is 5.07. The third kappa shape index (κ3) is 2.65. The fraction of sp³-hybridized carbons (Fsp3) is 0.444. The summed E-state index contributed by atoms with van der Waals surface area (Å²) in [6.45, 7) is 1.62. The first-order valence-corrected chi connectivity index (χ1v) is 3.42. The standard InChI is InChI=1S/C9H11NO2/c1-3-5-7-9(10,6-4-2)8(11)12/h2H,6-7,10H2,1H3,(H,11,12). The largest absolute Gasteiger partial charge is 0.480 e. The van der Waals surface area contributed by atoms with Gasteiger partial charge in [-0.1, -0.05) is 0 Å². The van der Waals surface area contributed by atoms with E-state index in [2.05, 4.69) is 17.8 Å². The van der Waals surface area contributed by atoms with Crippen LogP contribution in [0.15, 0.2) is 0 Å². The van der Waals surface area contributed by atoms with Gasteiger partial charge in [0.25, 0.3) is 0 Å². The van der Waals surface area contributed by atoms with Gasteiger partial charge in [-0.25, -0.2) is 0 Å². The maximum atomic E-state index is 10.6. The van der Waals surface area contributed by atoms with Crippen molar-refractivity contribution >= 4 is 5.97 Å². The molecule has 0 fully saturated rings. The normalized spacial score (nSPS) is 13.4. The lowest BCUT2D eigenvalue weighted by Gasteiger charge is -2.18. The van der Waals surface area contributed by atoms with Crippen molar-refractivity contribution in [3.63, 3.8) is 0 Å². The van der Waals surface area contributed by atoms with Crippen LogP contribution in [-0.4, -0.2) is 16.6 Å². The van der Waals surface area contributed by atoms with Gasteiger partial charge in [-0.2, -0.15) is 0 Å². The summed E-state index contributed by atoms with van der Waals surface area (Å²) in [4.78, 5) is 10.6. The molecule has 0 bridgehead atoms. The number of terminal acetylenes is 1. The van der Waals surface area contributed by atoms with Crippen LogP contribution in [0.25, 0.3) is 0 Å². The molecule has 3 heteroatoms. The zero-order valence-electron chi connectivity index (χ0n) is 6.92. The SMILES string of the molecule is C#CCC(N)(CC#CC)C(=O)O. The molecule has 0 heterocycles. The van der Waals surface area contributed by atoms with Crippen molar-refractivity contribution in [1.82, 2.24) is 0 Å². The molecule has 0 saturated heterocycles. The Bertz CT molecular complexity index is 266. The number of carboxylic acid groups (broad SMARTS) is 1. The van der Waals surface area contributed by atoms with Crippen LogP contribution >= 0.6 is 0 Å². The highest BCUT2D eigenvalue weighted by atomic mass is 16.4. The van der Waals surface area contributed by atoms with E-state index in [4.69, 9.17) is 17.3 Å². The van der Waals surface area contributed by atoms with Crippen molar-refractivity contribution in [2.24, 2.45) is 5.73 Å². The molecule has 0 aliphatic rings. The van der Waals surface area contributed by atoms with Gasteiger partial charge in [-0.05, 0) is 6.92 Å². The number of carbonyl (C=O) groups is 1. The minimum atomic E-state index is -1.39.